The van der Waals surface area contributed by atoms with Crippen LogP contribution < -0.4 is 24.4 Å². The van der Waals surface area contributed by atoms with Crippen LogP contribution in [0.3, 0.4) is 0 Å². The van der Waals surface area contributed by atoms with E-state index in [0.717, 1.165) is 21.6 Å². The molecule has 1 aliphatic rings. The molecule has 0 N–H and O–H groups in total. The van der Waals surface area contributed by atoms with Crippen molar-refractivity contribution in [3.63, 3.8) is 0 Å². The highest BCUT2D eigenvalue weighted by Crippen LogP contribution is 2.38. The van der Waals surface area contributed by atoms with Gasteiger partial charge in [0.2, 0.25) is 0 Å². The van der Waals surface area contributed by atoms with E-state index in [-0.39, 0.29) is 18.8 Å². The zero-order valence-electron chi connectivity index (χ0n) is 26.2. The molecule has 11 heteroatoms. The maximum absolute atomic E-state index is 14.3. The number of nitrogens with zero attached hydrogens (tertiary/aromatic N) is 2. The molecule has 48 heavy (non-hydrogen) atoms. The molecule has 0 amide bonds. The Morgan fingerprint density at radius 1 is 1.06 bits per heavy atom. The number of halogens is 2. The molecule has 244 valence electrons. The first kappa shape index (κ1) is 33.8. The van der Waals surface area contributed by atoms with Crippen LogP contribution in [0, 0.1) is 0 Å². The van der Waals surface area contributed by atoms with Crippen LogP contribution in [0.25, 0.3) is 11.8 Å². The maximum atomic E-state index is 14.3. The van der Waals surface area contributed by atoms with E-state index in [1.165, 1.54) is 11.3 Å². The lowest BCUT2D eigenvalue weighted by atomic mass is 9.93. The lowest BCUT2D eigenvalue weighted by molar-refractivity contribution is -0.138. The summed E-state index contributed by atoms with van der Waals surface area (Å²) < 4.78 is 20.1. The number of fused-ring (bicyclic) bond motifs is 1. The van der Waals surface area contributed by atoms with E-state index in [9.17, 15) is 9.59 Å². The van der Waals surface area contributed by atoms with E-state index in [1.807, 2.05) is 97.3 Å². The first-order valence-electron chi connectivity index (χ1n) is 15.0. The number of carbonyl (C=O) groups excluding carboxylic acids is 1. The van der Waals surface area contributed by atoms with Crippen molar-refractivity contribution < 1.29 is 19.0 Å². The molecule has 6 rings (SSSR count). The van der Waals surface area contributed by atoms with Crippen molar-refractivity contribution in [3.8, 4) is 11.5 Å². The van der Waals surface area contributed by atoms with Crippen LogP contribution in [0.5, 0.6) is 11.5 Å². The van der Waals surface area contributed by atoms with Gasteiger partial charge in [-0.2, -0.15) is 0 Å². The smallest absolute Gasteiger partial charge is 0.338 e. The van der Waals surface area contributed by atoms with Gasteiger partial charge in [0.25, 0.3) is 5.56 Å². The van der Waals surface area contributed by atoms with E-state index < -0.39 is 12.0 Å². The number of thioether (sulfide) groups is 1. The molecule has 0 aliphatic carbocycles. The van der Waals surface area contributed by atoms with Gasteiger partial charge < -0.3 is 14.2 Å². The van der Waals surface area contributed by atoms with Gasteiger partial charge in [-0.05, 0) is 76.6 Å². The number of hydrogen-bond donors (Lipinski definition) is 0. The van der Waals surface area contributed by atoms with Gasteiger partial charge in [0, 0.05) is 21.0 Å². The molecule has 0 bridgehead atoms. The molecule has 0 spiro atoms. The minimum absolute atomic E-state index is 0.182. The van der Waals surface area contributed by atoms with Crippen molar-refractivity contribution in [2.45, 2.75) is 24.5 Å². The van der Waals surface area contributed by atoms with Crippen LogP contribution in [-0.2, 0) is 16.1 Å². The molecular weight excluding hydrogens is 732 g/mol. The summed E-state index contributed by atoms with van der Waals surface area (Å²) >= 11 is 12.8. The average molecular weight is 762 g/mol. The number of ether oxygens (including phenoxy) is 3. The lowest BCUT2D eigenvalue weighted by Crippen LogP contribution is -2.40. The average Bonchev–Trinajstić information content (AvgIpc) is 3.41. The number of methoxy groups -OCH3 is 1. The van der Waals surface area contributed by atoms with Crippen molar-refractivity contribution >= 4 is 68.4 Å². The summed E-state index contributed by atoms with van der Waals surface area (Å²) in [5.74, 6) is 0.476. The zero-order chi connectivity index (χ0) is 33.8. The minimum Gasteiger partial charge on any atom is -0.493 e. The Hall–Kier alpha value is -4.09. The number of carbonyl (C=O) groups is 1. The molecule has 7 nitrogen and oxygen atoms in total. The number of thiazole rings is 1. The topological polar surface area (TPSA) is 79.1 Å². The van der Waals surface area contributed by atoms with Crippen LogP contribution in [0.2, 0.25) is 5.02 Å². The molecule has 2 heterocycles. The predicted octanol–water partition coefficient (Wildman–Crippen LogP) is 7.66. The number of benzene rings is 4. The van der Waals surface area contributed by atoms with Gasteiger partial charge >= 0.3 is 5.97 Å². The molecule has 0 radical (unpaired) electrons. The summed E-state index contributed by atoms with van der Waals surface area (Å²) in [6.45, 7) is 2.19. The Labute approximate surface area is 299 Å². The Morgan fingerprint density at radius 2 is 1.79 bits per heavy atom. The molecule has 4 aromatic carbocycles. The SMILES string of the molecule is CCOC(=O)C1=C(c2ccccc2)N=c2s/c(=C\c3cc(Br)c(OCc4ccccc4Cl)c(OC)c3)c(=O)n2[C@H]1c1ccc(SC)cc1. The van der Waals surface area contributed by atoms with Gasteiger partial charge in [0.15, 0.2) is 16.3 Å². The third-order valence-electron chi connectivity index (χ3n) is 7.68. The molecule has 5 aromatic rings. The van der Waals surface area contributed by atoms with Crippen molar-refractivity contribution in [2.24, 2.45) is 4.99 Å². The normalized spacial score (nSPS) is 14.4. The van der Waals surface area contributed by atoms with E-state index >= 15 is 0 Å². The van der Waals surface area contributed by atoms with Crippen molar-refractivity contribution in [2.75, 3.05) is 20.0 Å². The zero-order valence-corrected chi connectivity index (χ0v) is 30.2. The van der Waals surface area contributed by atoms with Crippen LogP contribution in [0.15, 0.2) is 116 Å². The van der Waals surface area contributed by atoms with E-state index in [2.05, 4.69) is 15.9 Å². The molecule has 0 saturated carbocycles. The fourth-order valence-electron chi connectivity index (χ4n) is 5.42. The van der Waals surface area contributed by atoms with E-state index in [4.69, 9.17) is 30.8 Å². The second-order valence-corrected chi connectivity index (χ2v) is 13.8. The predicted molar refractivity (Wildman–Crippen MR) is 196 cm³/mol. The van der Waals surface area contributed by atoms with Crippen LogP contribution in [-0.4, -0.2) is 30.5 Å². The van der Waals surface area contributed by atoms with Gasteiger partial charge in [0.05, 0.1) is 40.0 Å². The highest BCUT2D eigenvalue weighted by Gasteiger charge is 2.35. The minimum atomic E-state index is -0.754. The summed E-state index contributed by atoms with van der Waals surface area (Å²) in [4.78, 5) is 34.5. The second kappa shape index (κ2) is 15.0. The van der Waals surface area contributed by atoms with Crippen molar-refractivity contribution in [1.82, 2.24) is 4.57 Å². The van der Waals surface area contributed by atoms with Crippen LogP contribution in [0.4, 0.5) is 0 Å². The molecule has 1 aliphatic heterocycles. The second-order valence-electron chi connectivity index (χ2n) is 10.6. The summed E-state index contributed by atoms with van der Waals surface area (Å²) in [5.41, 5.74) is 3.59. The van der Waals surface area contributed by atoms with E-state index in [1.54, 1.807) is 36.4 Å². The molecular formula is C37H30BrClN2O5S2. The van der Waals surface area contributed by atoms with Gasteiger partial charge in [-0.3, -0.25) is 9.36 Å². The Morgan fingerprint density at radius 3 is 2.48 bits per heavy atom. The lowest BCUT2D eigenvalue weighted by Gasteiger charge is -2.26. The Bertz CT molecular complexity index is 2200. The third-order valence-corrected chi connectivity index (χ3v) is 10.4. The van der Waals surface area contributed by atoms with Crippen molar-refractivity contribution in [1.29, 1.82) is 0 Å². The van der Waals surface area contributed by atoms with Gasteiger partial charge in [-0.15, -0.1) is 11.8 Å². The summed E-state index contributed by atoms with van der Waals surface area (Å²) in [6.07, 6.45) is 3.79. The highest BCUT2D eigenvalue weighted by atomic mass is 79.9. The fourth-order valence-corrected chi connectivity index (χ4v) is 7.60. The van der Waals surface area contributed by atoms with Crippen LogP contribution in [0.1, 0.15) is 35.2 Å². The third kappa shape index (κ3) is 6.89. The standard InChI is InChI=1S/C37H30BrClN2O5S2/c1-4-45-36(43)31-32(23-10-6-5-7-11-23)40-37-41(33(31)24-14-16-26(47-3)17-15-24)35(42)30(48-37)20-22-18-27(38)34(29(19-22)44-2)46-21-25-12-8-9-13-28(25)39/h5-20,33H,4,21H2,1-3H3/b30-20-/t33-/m0/s1. The fraction of sp³-hybridized carbons (Fsp3) is 0.162. The maximum Gasteiger partial charge on any atom is 0.338 e. The molecule has 1 aromatic heterocycles. The van der Waals surface area contributed by atoms with Gasteiger partial charge in [-0.1, -0.05) is 83.6 Å². The monoisotopic (exact) mass is 760 g/mol. The molecule has 0 saturated heterocycles. The summed E-state index contributed by atoms with van der Waals surface area (Å²) in [7, 11) is 1.56. The number of esters is 1. The molecule has 0 unspecified atom stereocenters. The van der Waals surface area contributed by atoms with E-state index in [0.29, 0.717) is 47.2 Å². The number of aromatic nitrogens is 1. The van der Waals surface area contributed by atoms with Gasteiger partial charge in [0.1, 0.15) is 6.61 Å². The van der Waals surface area contributed by atoms with Crippen LogP contribution >= 0.6 is 50.6 Å². The Balaban J connectivity index is 1.50. The van der Waals surface area contributed by atoms with Gasteiger partial charge in [-0.25, -0.2) is 9.79 Å². The molecule has 1 atom stereocenters. The number of hydrogen-bond acceptors (Lipinski definition) is 8. The first-order valence-corrected chi connectivity index (χ1v) is 18.2. The summed E-state index contributed by atoms with van der Waals surface area (Å²) in [6, 6.07) is 27.8. The molecule has 0 fully saturated rings. The summed E-state index contributed by atoms with van der Waals surface area (Å²) in [5, 5.41) is 0.611. The Kier molecular flexibility index (Phi) is 10.6. The quantitative estimate of drug-likeness (QED) is 0.108. The largest absolute Gasteiger partial charge is 0.493 e. The first-order chi connectivity index (χ1) is 23.3. The number of rotatable bonds is 10. The highest BCUT2D eigenvalue weighted by molar-refractivity contribution is 9.10. The van der Waals surface area contributed by atoms with Crippen molar-refractivity contribution in [3.05, 3.63) is 148 Å².